The maximum atomic E-state index is 12.0. The van der Waals surface area contributed by atoms with Crippen molar-refractivity contribution in [2.45, 2.75) is 13.3 Å². The van der Waals surface area contributed by atoms with Crippen molar-refractivity contribution in [1.82, 2.24) is 10.9 Å². The van der Waals surface area contributed by atoms with E-state index >= 15 is 0 Å². The molecule has 5 N–H and O–H groups in total. The largest absolute Gasteiger partial charge is 0.351 e. The van der Waals surface area contributed by atoms with Gasteiger partial charge in [0.05, 0.1) is 0 Å². The lowest BCUT2D eigenvalue weighted by Crippen LogP contribution is -2.41. The van der Waals surface area contributed by atoms with E-state index in [9.17, 15) is 14.4 Å². The van der Waals surface area contributed by atoms with Crippen LogP contribution >= 0.6 is 0 Å². The standard InChI is InChI=1S/C17H18N4O3/c1-2-11-3-5-12(6-4-11)15(22)20-21-16(23)13-7-9-14(10-8-13)19-17(18)24/h3-10H,2H2,1H3,(H,20,22)(H,21,23)(H3,18,19,24). The zero-order valence-corrected chi connectivity index (χ0v) is 13.1. The van der Waals surface area contributed by atoms with Gasteiger partial charge in [0.15, 0.2) is 0 Å². The molecule has 0 aliphatic heterocycles. The molecule has 2 rings (SSSR count). The van der Waals surface area contributed by atoms with Crippen LogP contribution in [-0.4, -0.2) is 17.8 Å². The van der Waals surface area contributed by atoms with Gasteiger partial charge in [-0.05, 0) is 48.4 Å². The molecular weight excluding hydrogens is 308 g/mol. The Bertz CT molecular complexity index is 739. The third-order valence-electron chi connectivity index (χ3n) is 3.33. The third-order valence-corrected chi connectivity index (χ3v) is 3.33. The Morgan fingerprint density at radius 3 is 1.71 bits per heavy atom. The van der Waals surface area contributed by atoms with Crippen LogP contribution in [0.5, 0.6) is 0 Å². The average Bonchev–Trinajstić information content (AvgIpc) is 2.59. The SMILES string of the molecule is CCc1ccc(C(=O)NNC(=O)c2ccc(NC(N)=O)cc2)cc1. The van der Waals surface area contributed by atoms with Crippen LogP contribution in [0.4, 0.5) is 10.5 Å². The zero-order valence-electron chi connectivity index (χ0n) is 13.1. The molecule has 124 valence electrons. The normalized spacial score (nSPS) is 9.88. The Hall–Kier alpha value is -3.35. The fourth-order valence-corrected chi connectivity index (χ4v) is 2.00. The van der Waals surface area contributed by atoms with Crippen molar-refractivity contribution in [3.63, 3.8) is 0 Å². The molecule has 24 heavy (non-hydrogen) atoms. The Labute approximate surface area is 139 Å². The number of hydrazine groups is 1. The highest BCUT2D eigenvalue weighted by Crippen LogP contribution is 2.09. The van der Waals surface area contributed by atoms with E-state index in [1.54, 1.807) is 12.1 Å². The number of benzene rings is 2. The van der Waals surface area contributed by atoms with E-state index in [4.69, 9.17) is 5.73 Å². The van der Waals surface area contributed by atoms with E-state index in [0.717, 1.165) is 12.0 Å². The minimum absolute atomic E-state index is 0.326. The van der Waals surface area contributed by atoms with Gasteiger partial charge in [-0.2, -0.15) is 0 Å². The van der Waals surface area contributed by atoms with Crippen LogP contribution in [0.15, 0.2) is 48.5 Å². The van der Waals surface area contributed by atoms with Crippen LogP contribution < -0.4 is 21.9 Å². The average molecular weight is 326 g/mol. The highest BCUT2D eigenvalue weighted by molar-refractivity contribution is 5.99. The van der Waals surface area contributed by atoms with E-state index in [2.05, 4.69) is 16.2 Å². The monoisotopic (exact) mass is 326 g/mol. The predicted octanol–water partition coefficient (Wildman–Crippen LogP) is 1.81. The lowest BCUT2D eigenvalue weighted by molar-refractivity contribution is 0.0846. The molecule has 7 nitrogen and oxygen atoms in total. The number of urea groups is 1. The van der Waals surface area contributed by atoms with Crippen molar-refractivity contribution in [2.24, 2.45) is 5.73 Å². The van der Waals surface area contributed by atoms with Crippen LogP contribution in [0.1, 0.15) is 33.2 Å². The van der Waals surface area contributed by atoms with Crippen LogP contribution in [-0.2, 0) is 6.42 Å². The molecule has 0 aromatic heterocycles. The van der Waals surface area contributed by atoms with Crippen molar-refractivity contribution < 1.29 is 14.4 Å². The second-order valence-corrected chi connectivity index (χ2v) is 5.03. The van der Waals surface area contributed by atoms with Crippen LogP contribution in [0.3, 0.4) is 0 Å². The highest BCUT2D eigenvalue weighted by atomic mass is 16.2. The minimum Gasteiger partial charge on any atom is -0.351 e. The summed E-state index contributed by atoms with van der Waals surface area (Å²) in [5.74, 6) is -0.878. The summed E-state index contributed by atoms with van der Waals surface area (Å²) in [6, 6.07) is 12.5. The van der Waals surface area contributed by atoms with Gasteiger partial charge in [0.25, 0.3) is 11.8 Å². The van der Waals surface area contributed by atoms with Crippen LogP contribution in [0, 0.1) is 0 Å². The number of nitrogens with one attached hydrogen (secondary N) is 3. The third kappa shape index (κ3) is 4.57. The number of nitrogens with two attached hydrogens (primary N) is 1. The van der Waals surface area contributed by atoms with Crippen LogP contribution in [0.25, 0.3) is 0 Å². The van der Waals surface area contributed by atoms with E-state index in [-0.39, 0.29) is 0 Å². The number of anilines is 1. The van der Waals surface area contributed by atoms with Crippen molar-refractivity contribution in [3.8, 4) is 0 Å². The lowest BCUT2D eigenvalue weighted by atomic mass is 10.1. The van der Waals surface area contributed by atoms with Gasteiger partial charge in [0.1, 0.15) is 0 Å². The minimum atomic E-state index is -0.687. The number of hydrogen-bond acceptors (Lipinski definition) is 3. The van der Waals surface area contributed by atoms with Crippen LogP contribution in [0.2, 0.25) is 0 Å². The Morgan fingerprint density at radius 1 is 0.833 bits per heavy atom. The summed E-state index contributed by atoms with van der Waals surface area (Å²) >= 11 is 0. The van der Waals surface area contributed by atoms with Gasteiger partial charge in [0, 0.05) is 16.8 Å². The number of carbonyl (C=O) groups is 3. The Kier molecular flexibility index (Phi) is 5.51. The molecule has 0 atom stereocenters. The van der Waals surface area contributed by atoms with Gasteiger partial charge < -0.3 is 11.1 Å². The van der Waals surface area contributed by atoms with E-state index < -0.39 is 17.8 Å². The molecule has 0 bridgehead atoms. The summed E-state index contributed by atoms with van der Waals surface area (Å²) in [7, 11) is 0. The van der Waals surface area contributed by atoms with Crippen molar-refractivity contribution in [2.75, 3.05) is 5.32 Å². The fraction of sp³-hybridized carbons (Fsp3) is 0.118. The molecule has 0 saturated carbocycles. The number of rotatable bonds is 4. The van der Waals surface area contributed by atoms with Crippen molar-refractivity contribution >= 4 is 23.5 Å². The summed E-state index contributed by atoms with van der Waals surface area (Å²) in [5, 5.41) is 2.39. The second kappa shape index (κ2) is 7.77. The molecule has 0 saturated heterocycles. The second-order valence-electron chi connectivity index (χ2n) is 5.03. The maximum Gasteiger partial charge on any atom is 0.316 e. The Balaban J connectivity index is 1.91. The van der Waals surface area contributed by atoms with Gasteiger partial charge >= 0.3 is 6.03 Å². The summed E-state index contributed by atoms with van der Waals surface area (Å²) in [4.78, 5) is 34.7. The number of carbonyl (C=O) groups excluding carboxylic acids is 3. The molecule has 0 aliphatic carbocycles. The molecule has 0 unspecified atom stereocenters. The quantitative estimate of drug-likeness (QED) is 0.643. The lowest BCUT2D eigenvalue weighted by Gasteiger charge is -2.08. The number of primary amides is 1. The summed E-state index contributed by atoms with van der Waals surface area (Å²) in [6.45, 7) is 2.03. The van der Waals surface area contributed by atoms with Gasteiger partial charge in [-0.15, -0.1) is 0 Å². The summed E-state index contributed by atoms with van der Waals surface area (Å²) < 4.78 is 0. The number of hydrogen-bond donors (Lipinski definition) is 4. The summed E-state index contributed by atoms with van der Waals surface area (Å²) in [5.41, 5.74) is 12.1. The molecule has 0 aliphatic rings. The van der Waals surface area contributed by atoms with E-state index in [1.165, 1.54) is 24.3 Å². The van der Waals surface area contributed by atoms with E-state index in [1.807, 2.05) is 19.1 Å². The maximum absolute atomic E-state index is 12.0. The fourth-order valence-electron chi connectivity index (χ4n) is 2.00. The molecule has 4 amide bonds. The predicted molar refractivity (Wildman–Crippen MR) is 90.4 cm³/mol. The van der Waals surface area contributed by atoms with Gasteiger partial charge in [0.2, 0.25) is 0 Å². The molecule has 7 heteroatoms. The first-order valence-electron chi connectivity index (χ1n) is 7.35. The molecule has 0 heterocycles. The molecule has 0 spiro atoms. The van der Waals surface area contributed by atoms with Crippen molar-refractivity contribution in [1.29, 1.82) is 0 Å². The molecular formula is C17H18N4O3. The molecule has 2 aromatic carbocycles. The topological polar surface area (TPSA) is 113 Å². The van der Waals surface area contributed by atoms with E-state index in [0.29, 0.717) is 16.8 Å². The molecule has 0 radical (unpaired) electrons. The van der Waals surface area contributed by atoms with Crippen molar-refractivity contribution in [3.05, 3.63) is 65.2 Å². The summed E-state index contributed by atoms with van der Waals surface area (Å²) in [6.07, 6.45) is 0.888. The number of aryl methyl sites for hydroxylation is 1. The Morgan fingerprint density at radius 2 is 1.29 bits per heavy atom. The zero-order chi connectivity index (χ0) is 17.5. The molecule has 0 fully saturated rings. The smallest absolute Gasteiger partial charge is 0.316 e. The first-order chi connectivity index (χ1) is 11.5. The molecule has 2 aromatic rings. The van der Waals surface area contributed by atoms with Gasteiger partial charge in [-0.3, -0.25) is 20.4 Å². The van der Waals surface area contributed by atoms with Gasteiger partial charge in [-0.25, -0.2) is 4.79 Å². The first kappa shape index (κ1) is 17.0. The highest BCUT2D eigenvalue weighted by Gasteiger charge is 2.09. The number of amides is 4. The first-order valence-corrected chi connectivity index (χ1v) is 7.35. The van der Waals surface area contributed by atoms with Gasteiger partial charge in [-0.1, -0.05) is 19.1 Å².